The van der Waals surface area contributed by atoms with Gasteiger partial charge in [-0.2, -0.15) is 0 Å². The van der Waals surface area contributed by atoms with Crippen molar-refractivity contribution < 1.29 is 13.2 Å². The third-order valence-electron chi connectivity index (χ3n) is 3.50. The monoisotopic (exact) mass is 361 g/mol. The first-order valence-corrected chi connectivity index (χ1v) is 9.48. The van der Waals surface area contributed by atoms with E-state index in [-0.39, 0.29) is 10.8 Å². The van der Waals surface area contributed by atoms with Gasteiger partial charge in [0.15, 0.2) is 0 Å². The lowest BCUT2D eigenvalue weighted by Crippen LogP contribution is -2.27. The molecular weight excluding hydrogens is 338 g/mol. The van der Waals surface area contributed by atoms with E-state index in [2.05, 4.69) is 10.0 Å². The van der Waals surface area contributed by atoms with Gasteiger partial charge in [-0.05, 0) is 57.4 Å². The van der Waals surface area contributed by atoms with Gasteiger partial charge in [0.1, 0.15) is 0 Å². The van der Waals surface area contributed by atoms with Crippen molar-refractivity contribution in [3.63, 3.8) is 0 Å². The molecule has 0 bridgehead atoms. The van der Waals surface area contributed by atoms with E-state index >= 15 is 0 Å². The smallest absolute Gasteiger partial charge is 0.261 e. The second-order valence-electron chi connectivity index (χ2n) is 5.91. The Morgan fingerprint density at radius 1 is 1.04 bits per heavy atom. The molecule has 2 aromatic rings. The molecule has 0 spiro atoms. The summed E-state index contributed by atoms with van der Waals surface area (Å²) in [6.45, 7) is 1.41. The topological polar surface area (TPSA) is 78.5 Å². The van der Waals surface area contributed by atoms with E-state index in [4.69, 9.17) is 0 Å². The van der Waals surface area contributed by atoms with Gasteiger partial charge in [0.2, 0.25) is 0 Å². The van der Waals surface area contributed by atoms with Crippen LogP contribution in [-0.4, -0.2) is 46.4 Å². The van der Waals surface area contributed by atoms with Crippen molar-refractivity contribution in [2.45, 2.75) is 11.3 Å². The molecule has 6 nitrogen and oxygen atoms in total. The standard InChI is InChI=1S/C18H23N3O3S/c1-21(2)13-7-12-19-18(22)15-8-6-11-17(14-15)25(23,24)20-16-9-4-3-5-10-16/h3-6,8-11,14,20H,7,12-13H2,1-2H3,(H,19,22). The zero-order chi connectivity index (χ0) is 18.3. The average Bonchev–Trinajstić information content (AvgIpc) is 2.59. The Morgan fingerprint density at radius 2 is 1.76 bits per heavy atom. The van der Waals surface area contributed by atoms with E-state index in [0.717, 1.165) is 13.0 Å². The fraction of sp³-hybridized carbons (Fsp3) is 0.278. The van der Waals surface area contributed by atoms with Crippen LogP contribution in [0.4, 0.5) is 5.69 Å². The Balaban J connectivity index is 2.06. The molecule has 0 aliphatic rings. The third kappa shape index (κ3) is 5.88. The maximum atomic E-state index is 12.5. The van der Waals surface area contributed by atoms with Crippen LogP contribution in [0.5, 0.6) is 0 Å². The van der Waals surface area contributed by atoms with Crippen LogP contribution in [-0.2, 0) is 10.0 Å². The SMILES string of the molecule is CN(C)CCCNC(=O)c1cccc(S(=O)(=O)Nc2ccccc2)c1. The molecule has 25 heavy (non-hydrogen) atoms. The van der Waals surface area contributed by atoms with Crippen molar-refractivity contribution in [1.29, 1.82) is 0 Å². The molecule has 0 saturated carbocycles. The van der Waals surface area contributed by atoms with Crippen molar-refractivity contribution in [3.8, 4) is 0 Å². The molecule has 0 aliphatic heterocycles. The molecule has 0 fully saturated rings. The minimum absolute atomic E-state index is 0.0531. The first kappa shape index (κ1) is 19.0. The van der Waals surface area contributed by atoms with Crippen LogP contribution in [0.15, 0.2) is 59.5 Å². The maximum absolute atomic E-state index is 12.5. The summed E-state index contributed by atoms with van der Waals surface area (Å²) in [6.07, 6.45) is 0.826. The highest BCUT2D eigenvalue weighted by atomic mass is 32.2. The Kier molecular flexibility index (Phi) is 6.55. The van der Waals surface area contributed by atoms with E-state index in [0.29, 0.717) is 17.8 Å². The van der Waals surface area contributed by atoms with Gasteiger partial charge in [0.25, 0.3) is 15.9 Å². The number of amides is 1. The molecule has 7 heteroatoms. The predicted octanol–water partition coefficient (Wildman–Crippen LogP) is 2.17. The number of rotatable bonds is 8. The number of para-hydroxylation sites is 1. The number of hydrogen-bond donors (Lipinski definition) is 2. The molecule has 2 N–H and O–H groups in total. The summed E-state index contributed by atoms with van der Waals surface area (Å²) in [4.78, 5) is 14.3. The molecule has 1 amide bonds. The van der Waals surface area contributed by atoms with Crippen LogP contribution < -0.4 is 10.0 Å². The Morgan fingerprint density at radius 3 is 2.44 bits per heavy atom. The summed E-state index contributed by atoms with van der Waals surface area (Å²) in [6, 6.07) is 14.6. The van der Waals surface area contributed by atoms with E-state index in [9.17, 15) is 13.2 Å². The summed E-state index contributed by atoms with van der Waals surface area (Å²) < 4.78 is 27.4. The molecule has 2 rings (SSSR count). The average molecular weight is 361 g/mol. The van der Waals surface area contributed by atoms with Gasteiger partial charge in [-0.15, -0.1) is 0 Å². The van der Waals surface area contributed by atoms with Crippen molar-refractivity contribution >= 4 is 21.6 Å². The maximum Gasteiger partial charge on any atom is 0.261 e. The fourth-order valence-corrected chi connectivity index (χ4v) is 3.33. The highest BCUT2D eigenvalue weighted by molar-refractivity contribution is 7.92. The van der Waals surface area contributed by atoms with Gasteiger partial charge in [0.05, 0.1) is 4.90 Å². The van der Waals surface area contributed by atoms with Crippen molar-refractivity contribution in [3.05, 3.63) is 60.2 Å². The highest BCUT2D eigenvalue weighted by Crippen LogP contribution is 2.16. The van der Waals surface area contributed by atoms with Gasteiger partial charge in [0, 0.05) is 17.8 Å². The summed E-state index contributed by atoms with van der Waals surface area (Å²) in [5, 5.41) is 2.80. The number of sulfonamides is 1. The summed E-state index contributed by atoms with van der Waals surface area (Å²) in [7, 11) is 0.194. The lowest BCUT2D eigenvalue weighted by molar-refractivity contribution is 0.0952. The Labute approximate surface area is 148 Å². The van der Waals surface area contributed by atoms with Gasteiger partial charge in [-0.25, -0.2) is 8.42 Å². The van der Waals surface area contributed by atoms with E-state index in [1.807, 2.05) is 19.0 Å². The molecule has 0 aromatic heterocycles. The van der Waals surface area contributed by atoms with Crippen molar-refractivity contribution in [2.24, 2.45) is 0 Å². The minimum Gasteiger partial charge on any atom is -0.352 e. The van der Waals surface area contributed by atoms with Crippen LogP contribution in [0.25, 0.3) is 0 Å². The molecule has 0 saturated heterocycles. The molecular formula is C18H23N3O3S. The summed E-state index contributed by atoms with van der Waals surface area (Å²) in [5.41, 5.74) is 0.793. The molecule has 0 heterocycles. The van der Waals surface area contributed by atoms with E-state index < -0.39 is 10.0 Å². The zero-order valence-corrected chi connectivity index (χ0v) is 15.2. The molecule has 0 aliphatic carbocycles. The number of nitrogens with one attached hydrogen (secondary N) is 2. The lowest BCUT2D eigenvalue weighted by atomic mass is 10.2. The third-order valence-corrected chi connectivity index (χ3v) is 4.88. The number of nitrogens with zero attached hydrogens (tertiary/aromatic N) is 1. The minimum atomic E-state index is -3.74. The normalized spacial score (nSPS) is 11.3. The number of benzene rings is 2. The number of carbonyl (C=O) groups excluding carboxylic acids is 1. The van der Waals surface area contributed by atoms with Gasteiger partial charge in [-0.3, -0.25) is 9.52 Å². The number of hydrogen-bond acceptors (Lipinski definition) is 4. The fourth-order valence-electron chi connectivity index (χ4n) is 2.22. The Hall–Kier alpha value is -2.38. The zero-order valence-electron chi connectivity index (χ0n) is 14.4. The van der Waals surface area contributed by atoms with Crippen LogP contribution >= 0.6 is 0 Å². The molecule has 0 radical (unpaired) electrons. The van der Waals surface area contributed by atoms with Crippen molar-refractivity contribution in [2.75, 3.05) is 31.9 Å². The number of anilines is 1. The van der Waals surface area contributed by atoms with Gasteiger partial charge in [-0.1, -0.05) is 24.3 Å². The van der Waals surface area contributed by atoms with Crippen molar-refractivity contribution in [1.82, 2.24) is 10.2 Å². The summed E-state index contributed by atoms with van der Waals surface area (Å²) in [5.74, 6) is -0.282. The largest absolute Gasteiger partial charge is 0.352 e. The molecule has 2 aromatic carbocycles. The first-order chi connectivity index (χ1) is 11.9. The predicted molar refractivity (Wildman–Crippen MR) is 99.2 cm³/mol. The quantitative estimate of drug-likeness (QED) is 0.707. The second kappa shape index (κ2) is 8.64. The van der Waals surface area contributed by atoms with Gasteiger partial charge < -0.3 is 10.2 Å². The van der Waals surface area contributed by atoms with Crippen LogP contribution in [0, 0.1) is 0 Å². The van der Waals surface area contributed by atoms with E-state index in [1.165, 1.54) is 12.1 Å². The van der Waals surface area contributed by atoms with Crippen LogP contribution in [0.1, 0.15) is 16.8 Å². The van der Waals surface area contributed by atoms with Crippen LogP contribution in [0.2, 0.25) is 0 Å². The highest BCUT2D eigenvalue weighted by Gasteiger charge is 2.16. The van der Waals surface area contributed by atoms with Gasteiger partial charge >= 0.3 is 0 Å². The molecule has 0 unspecified atom stereocenters. The van der Waals surface area contributed by atoms with E-state index in [1.54, 1.807) is 42.5 Å². The lowest BCUT2D eigenvalue weighted by Gasteiger charge is -2.11. The number of carbonyl (C=O) groups is 1. The second-order valence-corrected chi connectivity index (χ2v) is 7.59. The molecule has 134 valence electrons. The summed E-state index contributed by atoms with van der Waals surface area (Å²) >= 11 is 0. The Bertz CT molecular complexity index is 805. The molecule has 0 atom stereocenters. The van der Waals surface area contributed by atoms with Crippen LogP contribution in [0.3, 0.4) is 0 Å². The first-order valence-electron chi connectivity index (χ1n) is 7.99.